The van der Waals surface area contributed by atoms with E-state index in [2.05, 4.69) is 38.0 Å². The molecule has 2 aliphatic carbocycles. The topological polar surface area (TPSA) is 59.1 Å². The molecule has 0 saturated carbocycles. The van der Waals surface area contributed by atoms with E-state index in [1.54, 1.807) is 6.20 Å². The Labute approximate surface area is 165 Å². The van der Waals surface area contributed by atoms with Crippen LogP contribution in [0.4, 0.5) is 0 Å². The van der Waals surface area contributed by atoms with E-state index in [4.69, 9.17) is 11.6 Å². The van der Waals surface area contributed by atoms with Crippen molar-refractivity contribution >= 4 is 23.2 Å². The molecule has 1 aliphatic heterocycles. The molecule has 27 heavy (non-hydrogen) atoms. The molecular weight excluding hydrogens is 360 g/mol. The van der Waals surface area contributed by atoms with Gasteiger partial charge in [0.2, 0.25) is 0 Å². The van der Waals surface area contributed by atoms with Crippen LogP contribution in [0.5, 0.6) is 0 Å². The largest absolute Gasteiger partial charge is 0.362 e. The van der Waals surface area contributed by atoms with Gasteiger partial charge >= 0.3 is 0 Å². The fourth-order valence-corrected chi connectivity index (χ4v) is 5.04. The van der Waals surface area contributed by atoms with Gasteiger partial charge in [0.25, 0.3) is 0 Å². The Morgan fingerprint density at radius 1 is 0.963 bits per heavy atom. The van der Waals surface area contributed by atoms with E-state index in [1.807, 2.05) is 12.1 Å². The third-order valence-electron chi connectivity index (χ3n) is 5.82. The summed E-state index contributed by atoms with van der Waals surface area (Å²) in [6.07, 6.45) is 4.16. The van der Waals surface area contributed by atoms with Crippen LogP contribution in [0, 0.1) is 10.8 Å². The Kier molecular flexibility index (Phi) is 4.12. The maximum absolute atomic E-state index is 13.2. The lowest BCUT2D eigenvalue weighted by Crippen LogP contribution is -2.42. The Hall–Kier alpha value is -1.94. The molecule has 4 rings (SSSR count). The van der Waals surface area contributed by atoms with Gasteiger partial charge in [0.1, 0.15) is 5.15 Å². The lowest BCUT2D eigenvalue weighted by Gasteiger charge is -2.44. The monoisotopic (exact) mass is 384 g/mol. The van der Waals surface area contributed by atoms with E-state index in [0.717, 1.165) is 29.8 Å². The first-order chi connectivity index (χ1) is 12.6. The van der Waals surface area contributed by atoms with Gasteiger partial charge in [-0.2, -0.15) is 0 Å². The molecule has 0 atom stereocenters. The van der Waals surface area contributed by atoms with Gasteiger partial charge in [0.05, 0.1) is 0 Å². The number of carbonyl (C=O) groups excluding carboxylic acids is 2. The summed E-state index contributed by atoms with van der Waals surface area (Å²) >= 11 is 6.43. The molecule has 1 N–H and O–H groups in total. The minimum atomic E-state index is -0.412. The molecule has 0 fully saturated rings. The van der Waals surface area contributed by atoms with Crippen molar-refractivity contribution in [3.63, 3.8) is 0 Å². The average Bonchev–Trinajstić information content (AvgIpc) is 2.51. The number of dihydropyridines is 1. The maximum atomic E-state index is 13.2. The highest BCUT2D eigenvalue weighted by Crippen LogP contribution is 2.51. The van der Waals surface area contributed by atoms with Crippen molar-refractivity contribution < 1.29 is 9.59 Å². The molecule has 3 aliphatic rings. The van der Waals surface area contributed by atoms with Crippen LogP contribution in [0.15, 0.2) is 40.9 Å². The van der Waals surface area contributed by atoms with E-state index in [9.17, 15) is 9.59 Å². The van der Waals surface area contributed by atoms with Gasteiger partial charge in [0, 0.05) is 53.1 Å². The zero-order valence-corrected chi connectivity index (χ0v) is 17.0. The van der Waals surface area contributed by atoms with Crippen LogP contribution in [-0.2, 0) is 9.59 Å². The second-order valence-electron chi connectivity index (χ2n) is 9.61. The van der Waals surface area contributed by atoms with E-state index in [0.29, 0.717) is 29.1 Å². The van der Waals surface area contributed by atoms with Crippen molar-refractivity contribution in [3.8, 4) is 0 Å². The number of hydrogen-bond donors (Lipinski definition) is 1. The molecule has 0 amide bonds. The van der Waals surface area contributed by atoms with Gasteiger partial charge in [0.15, 0.2) is 11.6 Å². The minimum Gasteiger partial charge on any atom is -0.362 e. The number of aromatic nitrogens is 1. The van der Waals surface area contributed by atoms with Crippen LogP contribution in [0.2, 0.25) is 5.15 Å². The molecule has 142 valence electrons. The number of carbonyl (C=O) groups is 2. The second-order valence-corrected chi connectivity index (χ2v) is 9.97. The first kappa shape index (κ1) is 18.4. The normalized spacial score (nSPS) is 24.5. The summed E-state index contributed by atoms with van der Waals surface area (Å²) in [4.78, 5) is 30.5. The number of allylic oxidation sites excluding steroid dienone is 4. The summed E-state index contributed by atoms with van der Waals surface area (Å²) in [7, 11) is 0. The Bertz CT molecular complexity index is 872. The van der Waals surface area contributed by atoms with Gasteiger partial charge in [-0.15, -0.1) is 0 Å². The summed E-state index contributed by atoms with van der Waals surface area (Å²) in [5, 5.41) is 3.86. The van der Waals surface area contributed by atoms with Gasteiger partial charge in [-0.05, 0) is 29.7 Å². The lowest BCUT2D eigenvalue weighted by atomic mass is 9.64. The van der Waals surface area contributed by atoms with Gasteiger partial charge < -0.3 is 5.32 Å². The Morgan fingerprint density at radius 2 is 1.48 bits per heavy atom. The van der Waals surface area contributed by atoms with E-state index >= 15 is 0 Å². The fraction of sp³-hybridized carbons (Fsp3) is 0.500. The number of rotatable bonds is 1. The highest BCUT2D eigenvalue weighted by Gasteiger charge is 2.46. The predicted octanol–water partition coefficient (Wildman–Crippen LogP) is 4.71. The van der Waals surface area contributed by atoms with Crippen molar-refractivity contribution in [2.75, 3.05) is 0 Å². The summed E-state index contributed by atoms with van der Waals surface area (Å²) in [5.41, 5.74) is 3.86. The molecule has 1 aromatic rings. The quantitative estimate of drug-likeness (QED) is 0.712. The predicted molar refractivity (Wildman–Crippen MR) is 105 cm³/mol. The number of nitrogens with zero attached hydrogens (tertiary/aromatic N) is 1. The molecule has 0 unspecified atom stereocenters. The van der Waals surface area contributed by atoms with Crippen LogP contribution in [-0.4, -0.2) is 16.6 Å². The molecule has 0 aromatic carbocycles. The molecule has 2 heterocycles. The van der Waals surface area contributed by atoms with Gasteiger partial charge in [-0.3, -0.25) is 9.59 Å². The number of halogens is 1. The zero-order valence-electron chi connectivity index (χ0n) is 16.3. The summed E-state index contributed by atoms with van der Waals surface area (Å²) in [6, 6.07) is 3.71. The number of nitrogens with one attached hydrogen (secondary N) is 1. The van der Waals surface area contributed by atoms with Crippen LogP contribution in [0.3, 0.4) is 0 Å². The van der Waals surface area contributed by atoms with E-state index < -0.39 is 5.92 Å². The third-order valence-corrected chi connectivity index (χ3v) is 6.13. The van der Waals surface area contributed by atoms with E-state index in [1.165, 1.54) is 0 Å². The number of hydrogen-bond acceptors (Lipinski definition) is 4. The summed E-state index contributed by atoms with van der Waals surface area (Å²) in [6.45, 7) is 8.45. The van der Waals surface area contributed by atoms with Crippen LogP contribution in [0.25, 0.3) is 0 Å². The first-order valence-corrected chi connectivity index (χ1v) is 9.86. The highest BCUT2D eigenvalue weighted by atomic mass is 35.5. The standard InChI is InChI=1S/C22H25ClN2O2/c1-21(2)8-13-18(15(26)10-21)17(12-6-5-7-24-20(12)23)19-14(25-13)9-22(3,4)11-16(19)27/h5-7,17,25H,8-11H2,1-4H3. The smallest absolute Gasteiger partial charge is 0.162 e. The van der Waals surface area contributed by atoms with Crippen LogP contribution in [0.1, 0.15) is 64.9 Å². The molecule has 0 saturated heterocycles. The molecule has 0 bridgehead atoms. The first-order valence-electron chi connectivity index (χ1n) is 9.48. The summed E-state index contributed by atoms with van der Waals surface area (Å²) in [5.74, 6) is -0.213. The van der Waals surface area contributed by atoms with Crippen molar-refractivity contribution in [1.82, 2.24) is 10.3 Å². The lowest BCUT2D eigenvalue weighted by molar-refractivity contribution is -0.119. The molecule has 0 radical (unpaired) electrons. The number of Topliss-reactive ketones (excluding diaryl/α,β-unsaturated/α-hetero) is 2. The SMILES string of the molecule is CC1(C)CC(=O)C2=C(C1)NC1=C(C(=O)CC(C)(C)C1)C2c1cccnc1Cl. The molecule has 1 aromatic heterocycles. The van der Waals surface area contributed by atoms with Crippen LogP contribution < -0.4 is 5.32 Å². The van der Waals surface area contributed by atoms with Gasteiger partial charge in [-0.1, -0.05) is 45.4 Å². The Morgan fingerprint density at radius 3 is 1.96 bits per heavy atom. The van der Waals surface area contributed by atoms with Gasteiger partial charge in [-0.25, -0.2) is 4.98 Å². The maximum Gasteiger partial charge on any atom is 0.162 e. The Balaban J connectivity index is 1.94. The fourth-order valence-electron chi connectivity index (χ4n) is 4.81. The van der Waals surface area contributed by atoms with Crippen molar-refractivity contribution in [2.24, 2.45) is 10.8 Å². The number of ketones is 2. The zero-order chi connectivity index (χ0) is 19.6. The minimum absolute atomic E-state index is 0.0988. The molecule has 4 nitrogen and oxygen atoms in total. The average molecular weight is 385 g/mol. The molecular formula is C22H25ClN2O2. The van der Waals surface area contributed by atoms with Crippen LogP contribution >= 0.6 is 11.6 Å². The second kappa shape index (κ2) is 6.03. The van der Waals surface area contributed by atoms with Crippen molar-refractivity contribution in [2.45, 2.75) is 59.3 Å². The molecule has 0 spiro atoms. The van der Waals surface area contributed by atoms with Crippen molar-refractivity contribution in [1.29, 1.82) is 0 Å². The highest BCUT2D eigenvalue weighted by molar-refractivity contribution is 6.30. The third kappa shape index (κ3) is 3.14. The molecule has 5 heteroatoms. The van der Waals surface area contributed by atoms with E-state index in [-0.39, 0.29) is 22.4 Å². The number of pyridine rings is 1. The summed E-state index contributed by atoms with van der Waals surface area (Å²) < 4.78 is 0. The van der Waals surface area contributed by atoms with Crippen molar-refractivity contribution in [3.05, 3.63) is 51.6 Å².